The minimum absolute atomic E-state index is 0.107. The summed E-state index contributed by atoms with van der Waals surface area (Å²) in [7, 11) is 1.39. The standard InChI is InChI=1S/C18H22F3NO5/c1-10(2)9-27-14-5-4-11(6-15(14)26-3)16(23)22-7-12(17(24)25)13(8-22)18(19,20)21/h4-6,10,12-13H,7-9H2,1-3H3,(H,24,25)/t12-,13-/m1/s1. The third kappa shape index (κ3) is 4.84. The number of carbonyl (C=O) groups is 2. The molecule has 2 rings (SSSR count). The number of halogens is 3. The van der Waals surface area contributed by atoms with E-state index in [4.69, 9.17) is 14.6 Å². The Morgan fingerprint density at radius 1 is 1.26 bits per heavy atom. The number of hydrogen-bond donors (Lipinski definition) is 1. The number of aliphatic carboxylic acids is 1. The predicted molar refractivity (Wildman–Crippen MR) is 89.9 cm³/mol. The molecule has 2 atom stereocenters. The summed E-state index contributed by atoms with van der Waals surface area (Å²) in [4.78, 5) is 24.7. The molecule has 0 unspecified atom stereocenters. The maximum atomic E-state index is 13.1. The molecule has 1 N–H and O–H groups in total. The van der Waals surface area contributed by atoms with Gasteiger partial charge in [-0.15, -0.1) is 0 Å². The molecule has 1 aromatic carbocycles. The zero-order valence-corrected chi connectivity index (χ0v) is 15.2. The van der Waals surface area contributed by atoms with E-state index in [2.05, 4.69) is 0 Å². The molecule has 1 heterocycles. The monoisotopic (exact) mass is 389 g/mol. The molecule has 1 aliphatic rings. The van der Waals surface area contributed by atoms with Crippen LogP contribution in [0.15, 0.2) is 18.2 Å². The van der Waals surface area contributed by atoms with Crippen LogP contribution in [-0.4, -0.2) is 54.9 Å². The fourth-order valence-electron chi connectivity index (χ4n) is 2.91. The smallest absolute Gasteiger partial charge is 0.394 e. The van der Waals surface area contributed by atoms with E-state index in [-0.39, 0.29) is 17.2 Å². The largest absolute Gasteiger partial charge is 0.493 e. The average Bonchev–Trinajstić information content (AvgIpc) is 3.05. The Kier molecular flexibility index (Phi) is 6.22. The Bertz CT molecular complexity index is 705. The zero-order valence-electron chi connectivity index (χ0n) is 15.2. The van der Waals surface area contributed by atoms with Crippen molar-refractivity contribution < 1.29 is 37.3 Å². The fraction of sp³-hybridized carbons (Fsp3) is 0.556. The molecule has 1 saturated heterocycles. The number of ether oxygens (including phenoxy) is 2. The Balaban J connectivity index is 2.21. The SMILES string of the molecule is COc1cc(C(=O)N2C[C@@H](C(F)(F)F)[C@H](C(=O)O)C2)ccc1OCC(C)C. The molecule has 0 saturated carbocycles. The molecule has 1 amide bonds. The van der Waals surface area contributed by atoms with Gasteiger partial charge in [0.05, 0.1) is 25.6 Å². The summed E-state index contributed by atoms with van der Waals surface area (Å²) in [5.74, 6) is -5.04. The molecule has 0 spiro atoms. The highest BCUT2D eigenvalue weighted by atomic mass is 19.4. The minimum atomic E-state index is -4.69. The van der Waals surface area contributed by atoms with Gasteiger partial charge in [0.25, 0.3) is 5.91 Å². The second-order valence-corrected chi connectivity index (χ2v) is 6.87. The van der Waals surface area contributed by atoms with Crippen LogP contribution in [0.25, 0.3) is 0 Å². The number of amides is 1. The van der Waals surface area contributed by atoms with Crippen molar-refractivity contribution in [3.8, 4) is 11.5 Å². The quantitative estimate of drug-likeness (QED) is 0.809. The lowest BCUT2D eigenvalue weighted by atomic mass is 9.96. The number of nitrogens with zero attached hydrogens (tertiary/aromatic N) is 1. The second-order valence-electron chi connectivity index (χ2n) is 6.87. The summed E-state index contributed by atoms with van der Waals surface area (Å²) in [6.45, 7) is 3.18. The molecular weight excluding hydrogens is 367 g/mol. The normalized spacial score (nSPS) is 20.0. The molecule has 150 valence electrons. The third-order valence-corrected chi connectivity index (χ3v) is 4.33. The number of alkyl halides is 3. The number of methoxy groups -OCH3 is 1. The lowest BCUT2D eigenvalue weighted by Crippen LogP contribution is -2.34. The number of carbonyl (C=O) groups excluding carboxylic acids is 1. The molecule has 1 aliphatic heterocycles. The first-order valence-corrected chi connectivity index (χ1v) is 8.44. The van der Waals surface area contributed by atoms with Gasteiger partial charge in [-0.1, -0.05) is 13.8 Å². The van der Waals surface area contributed by atoms with Gasteiger partial charge >= 0.3 is 12.1 Å². The summed E-state index contributed by atoms with van der Waals surface area (Å²) >= 11 is 0. The Morgan fingerprint density at radius 2 is 1.93 bits per heavy atom. The van der Waals surface area contributed by atoms with E-state index >= 15 is 0 Å². The van der Waals surface area contributed by atoms with Gasteiger partial charge in [0.15, 0.2) is 11.5 Å². The predicted octanol–water partition coefficient (Wildman–Crippen LogP) is 3.07. The first-order chi connectivity index (χ1) is 12.5. The molecule has 0 aliphatic carbocycles. The lowest BCUT2D eigenvalue weighted by Gasteiger charge is -2.19. The number of likely N-dealkylation sites (tertiary alicyclic amines) is 1. The van der Waals surface area contributed by atoms with Crippen molar-refractivity contribution in [3.05, 3.63) is 23.8 Å². The highest BCUT2D eigenvalue weighted by Gasteiger charge is 2.53. The van der Waals surface area contributed by atoms with Crippen molar-refractivity contribution >= 4 is 11.9 Å². The molecule has 0 aromatic heterocycles. The van der Waals surface area contributed by atoms with E-state index in [0.29, 0.717) is 12.4 Å². The van der Waals surface area contributed by atoms with Crippen LogP contribution in [0, 0.1) is 17.8 Å². The number of rotatable bonds is 6. The van der Waals surface area contributed by atoms with Crippen LogP contribution >= 0.6 is 0 Å². The molecule has 9 heteroatoms. The van der Waals surface area contributed by atoms with Crippen molar-refractivity contribution in [2.24, 2.45) is 17.8 Å². The van der Waals surface area contributed by atoms with E-state index in [1.807, 2.05) is 13.8 Å². The number of benzene rings is 1. The van der Waals surface area contributed by atoms with E-state index in [0.717, 1.165) is 4.90 Å². The topological polar surface area (TPSA) is 76.1 Å². The van der Waals surface area contributed by atoms with Crippen molar-refractivity contribution in [2.45, 2.75) is 20.0 Å². The summed E-state index contributed by atoms with van der Waals surface area (Å²) in [6, 6.07) is 4.33. The molecule has 0 bridgehead atoms. The van der Waals surface area contributed by atoms with Gasteiger partial charge < -0.3 is 19.5 Å². The van der Waals surface area contributed by atoms with Crippen LogP contribution in [0.1, 0.15) is 24.2 Å². The first kappa shape index (κ1) is 20.9. The van der Waals surface area contributed by atoms with Gasteiger partial charge in [0, 0.05) is 18.7 Å². The molecule has 1 aromatic rings. The van der Waals surface area contributed by atoms with Crippen LogP contribution in [0.5, 0.6) is 11.5 Å². The van der Waals surface area contributed by atoms with E-state index < -0.39 is 43.0 Å². The van der Waals surface area contributed by atoms with Gasteiger partial charge in [-0.05, 0) is 24.1 Å². The summed E-state index contributed by atoms with van der Waals surface area (Å²) in [6.07, 6.45) is -4.69. The van der Waals surface area contributed by atoms with Crippen LogP contribution < -0.4 is 9.47 Å². The maximum Gasteiger partial charge on any atom is 0.394 e. The highest BCUT2D eigenvalue weighted by Crippen LogP contribution is 2.38. The van der Waals surface area contributed by atoms with Crippen molar-refractivity contribution in [2.75, 3.05) is 26.8 Å². The molecule has 1 fully saturated rings. The third-order valence-electron chi connectivity index (χ3n) is 4.33. The summed E-state index contributed by atoms with van der Waals surface area (Å²) in [5, 5.41) is 9.07. The van der Waals surface area contributed by atoms with Gasteiger partial charge in [0.2, 0.25) is 0 Å². The van der Waals surface area contributed by atoms with Crippen molar-refractivity contribution in [3.63, 3.8) is 0 Å². The lowest BCUT2D eigenvalue weighted by molar-refractivity contribution is -0.187. The van der Waals surface area contributed by atoms with Gasteiger partial charge in [-0.3, -0.25) is 9.59 Å². The minimum Gasteiger partial charge on any atom is -0.493 e. The Labute approximate surface area is 154 Å². The summed E-state index contributed by atoms with van der Waals surface area (Å²) in [5.41, 5.74) is 0.107. The highest BCUT2D eigenvalue weighted by molar-refractivity contribution is 5.95. The molecular formula is C18H22F3NO5. The Morgan fingerprint density at radius 3 is 2.41 bits per heavy atom. The van der Waals surface area contributed by atoms with Gasteiger partial charge in [-0.25, -0.2) is 0 Å². The van der Waals surface area contributed by atoms with Crippen LogP contribution in [0.3, 0.4) is 0 Å². The average molecular weight is 389 g/mol. The van der Waals surface area contributed by atoms with E-state index in [9.17, 15) is 22.8 Å². The molecule has 27 heavy (non-hydrogen) atoms. The van der Waals surface area contributed by atoms with Crippen molar-refractivity contribution in [1.82, 2.24) is 4.90 Å². The van der Waals surface area contributed by atoms with E-state index in [1.165, 1.54) is 25.3 Å². The van der Waals surface area contributed by atoms with Gasteiger partial charge in [0.1, 0.15) is 0 Å². The van der Waals surface area contributed by atoms with Crippen LogP contribution in [0.2, 0.25) is 0 Å². The first-order valence-electron chi connectivity index (χ1n) is 8.44. The second kappa shape index (κ2) is 8.06. The number of carboxylic acid groups (broad SMARTS) is 1. The van der Waals surface area contributed by atoms with Crippen molar-refractivity contribution in [1.29, 1.82) is 0 Å². The summed E-state index contributed by atoms with van der Waals surface area (Å²) < 4.78 is 50.1. The van der Waals surface area contributed by atoms with Crippen LogP contribution in [-0.2, 0) is 4.79 Å². The Hall–Kier alpha value is -2.45. The zero-order chi connectivity index (χ0) is 20.4. The maximum absolute atomic E-state index is 13.1. The number of hydrogen-bond acceptors (Lipinski definition) is 4. The van der Waals surface area contributed by atoms with E-state index in [1.54, 1.807) is 0 Å². The van der Waals surface area contributed by atoms with Crippen LogP contribution in [0.4, 0.5) is 13.2 Å². The molecule has 6 nitrogen and oxygen atoms in total. The number of carboxylic acids is 1. The fourth-order valence-corrected chi connectivity index (χ4v) is 2.91. The molecule has 0 radical (unpaired) electrons. The van der Waals surface area contributed by atoms with Gasteiger partial charge in [-0.2, -0.15) is 13.2 Å².